The third-order valence-electron chi connectivity index (χ3n) is 2.40. The zero-order chi connectivity index (χ0) is 17.4. The highest BCUT2D eigenvalue weighted by Crippen LogP contribution is 2.27. The lowest BCUT2D eigenvalue weighted by atomic mass is 10.3. The third-order valence-corrected chi connectivity index (χ3v) is 4.33. The summed E-state index contributed by atoms with van der Waals surface area (Å²) >= 11 is 5.56. The molecule has 1 aromatic heterocycles. The quantitative estimate of drug-likeness (QED) is 0.535. The highest BCUT2D eigenvalue weighted by atomic mass is 35.5. The van der Waals surface area contributed by atoms with Crippen LogP contribution in [-0.4, -0.2) is 40.9 Å². The summed E-state index contributed by atoms with van der Waals surface area (Å²) in [6, 6.07) is 2.32. The van der Waals surface area contributed by atoms with Gasteiger partial charge in [0.15, 0.2) is 0 Å². The molecule has 2 rings (SSSR count). The summed E-state index contributed by atoms with van der Waals surface area (Å²) in [5.74, 6) is -0.591. The van der Waals surface area contributed by atoms with Gasteiger partial charge in [-0.05, 0) is 29.8 Å². The molecule has 0 fully saturated rings. The lowest BCUT2D eigenvalue weighted by Crippen LogP contribution is -2.09. The molecule has 11 nitrogen and oxygen atoms in total. The number of benzene rings is 1. The number of hydrogen-bond acceptors (Lipinski definition) is 9. The summed E-state index contributed by atoms with van der Waals surface area (Å²) in [6.07, 6.45) is 0. The van der Waals surface area contributed by atoms with E-state index in [1.165, 1.54) is 0 Å². The first kappa shape index (κ1) is 17.3. The molecule has 23 heavy (non-hydrogen) atoms. The van der Waals surface area contributed by atoms with Crippen LogP contribution in [0.3, 0.4) is 0 Å². The molecule has 124 valence electrons. The number of halogens is 1. The molecular weight excluding hydrogens is 374 g/mol. The highest BCUT2D eigenvalue weighted by Gasteiger charge is 2.20. The predicted octanol–water partition coefficient (Wildman–Crippen LogP) is 0.344. The van der Waals surface area contributed by atoms with Crippen molar-refractivity contribution >= 4 is 49.4 Å². The molecule has 1 heterocycles. The summed E-state index contributed by atoms with van der Waals surface area (Å²) in [7, 11) is -9.33. The Morgan fingerprint density at radius 1 is 1.04 bits per heavy atom. The van der Waals surface area contributed by atoms with E-state index in [1.807, 2.05) is 0 Å². The van der Waals surface area contributed by atoms with Crippen LogP contribution in [0.1, 0.15) is 0 Å². The number of rotatable bonds is 4. The minimum Gasteiger partial charge on any atom is -0.368 e. The minimum atomic E-state index is -4.71. The highest BCUT2D eigenvalue weighted by molar-refractivity contribution is 7.86. The van der Waals surface area contributed by atoms with E-state index >= 15 is 0 Å². The van der Waals surface area contributed by atoms with Crippen LogP contribution in [0, 0.1) is 0 Å². The Kier molecular flexibility index (Phi) is 4.41. The van der Waals surface area contributed by atoms with E-state index < -0.39 is 35.7 Å². The Bertz CT molecular complexity index is 958. The molecule has 0 aliphatic rings. The van der Waals surface area contributed by atoms with E-state index in [0.29, 0.717) is 0 Å². The van der Waals surface area contributed by atoms with Crippen molar-refractivity contribution in [3.63, 3.8) is 0 Å². The number of nitrogens with zero attached hydrogens (tertiary/aromatic N) is 3. The number of hydrogen-bond donors (Lipinski definition) is 4. The van der Waals surface area contributed by atoms with Crippen LogP contribution < -0.4 is 11.1 Å². The lowest BCUT2D eigenvalue weighted by Gasteiger charge is -2.10. The molecule has 0 saturated heterocycles. The molecular formula is C9H8ClN5O6S2. The van der Waals surface area contributed by atoms with Crippen molar-refractivity contribution in [1.29, 1.82) is 0 Å². The van der Waals surface area contributed by atoms with Crippen LogP contribution in [-0.2, 0) is 20.2 Å². The number of anilines is 3. The number of nitrogens with one attached hydrogen (secondary N) is 1. The van der Waals surface area contributed by atoms with E-state index in [2.05, 4.69) is 20.3 Å². The van der Waals surface area contributed by atoms with Gasteiger partial charge in [-0.1, -0.05) is 0 Å². The lowest BCUT2D eigenvalue weighted by molar-refractivity contribution is 0.479. The van der Waals surface area contributed by atoms with Crippen molar-refractivity contribution in [3.05, 3.63) is 23.5 Å². The van der Waals surface area contributed by atoms with E-state index in [9.17, 15) is 16.8 Å². The number of nitrogens with two attached hydrogens (primary N) is 1. The number of nitrogen functional groups attached to an aromatic ring is 1. The molecule has 0 amide bonds. The van der Waals surface area contributed by atoms with Crippen molar-refractivity contribution in [2.24, 2.45) is 0 Å². The summed E-state index contributed by atoms with van der Waals surface area (Å²) in [5.41, 5.74) is 4.92. The zero-order valence-electron chi connectivity index (χ0n) is 10.9. The van der Waals surface area contributed by atoms with Gasteiger partial charge in [0.25, 0.3) is 20.2 Å². The smallest absolute Gasteiger partial charge is 0.296 e. The Labute approximate surface area is 135 Å². The Balaban J connectivity index is 2.62. The van der Waals surface area contributed by atoms with Crippen molar-refractivity contribution in [2.45, 2.75) is 9.79 Å². The Morgan fingerprint density at radius 3 is 2.22 bits per heavy atom. The minimum absolute atomic E-state index is 0.285. The molecule has 1 aromatic carbocycles. The van der Waals surface area contributed by atoms with Gasteiger partial charge in [-0.2, -0.15) is 31.8 Å². The summed E-state index contributed by atoms with van der Waals surface area (Å²) < 4.78 is 63.1. The molecule has 0 aliphatic heterocycles. The van der Waals surface area contributed by atoms with Gasteiger partial charge in [0, 0.05) is 0 Å². The van der Waals surface area contributed by atoms with Gasteiger partial charge in [0.05, 0.1) is 10.6 Å². The summed E-state index contributed by atoms with van der Waals surface area (Å²) in [4.78, 5) is 9.40. The van der Waals surface area contributed by atoms with Gasteiger partial charge in [0.1, 0.15) is 4.90 Å². The average molecular weight is 382 g/mol. The molecule has 0 aliphatic carbocycles. The van der Waals surface area contributed by atoms with Crippen LogP contribution in [0.4, 0.5) is 17.6 Å². The fraction of sp³-hybridized carbons (Fsp3) is 0. The van der Waals surface area contributed by atoms with Gasteiger partial charge in [-0.15, -0.1) is 0 Å². The van der Waals surface area contributed by atoms with Crippen molar-refractivity contribution < 1.29 is 25.9 Å². The maximum Gasteiger partial charge on any atom is 0.296 e. The first-order chi connectivity index (χ1) is 10.5. The van der Waals surface area contributed by atoms with E-state index in [0.717, 1.165) is 18.2 Å². The summed E-state index contributed by atoms with van der Waals surface area (Å²) in [6.45, 7) is 0. The van der Waals surface area contributed by atoms with E-state index in [1.54, 1.807) is 0 Å². The molecule has 5 N–H and O–H groups in total. The van der Waals surface area contributed by atoms with E-state index in [-0.39, 0.29) is 17.2 Å². The molecule has 0 atom stereocenters. The molecule has 0 radical (unpaired) electrons. The Hall–Kier alpha value is -2.06. The third kappa shape index (κ3) is 4.23. The second-order valence-corrected chi connectivity index (χ2v) is 7.17. The fourth-order valence-electron chi connectivity index (χ4n) is 1.53. The SMILES string of the molecule is Nc1nc(Cl)nc(Nc2cc(S(=O)(=O)O)ccc2S(=O)(=O)O)n1. The van der Waals surface area contributed by atoms with E-state index in [4.69, 9.17) is 26.4 Å². The fourth-order valence-corrected chi connectivity index (χ4v) is 2.84. The first-order valence-corrected chi connectivity index (χ1v) is 8.76. The maximum atomic E-state index is 11.3. The van der Waals surface area contributed by atoms with Gasteiger partial charge in [0.2, 0.25) is 17.2 Å². The van der Waals surface area contributed by atoms with Crippen molar-refractivity contribution in [3.8, 4) is 0 Å². The molecule has 0 bridgehead atoms. The van der Waals surface area contributed by atoms with Crippen LogP contribution in [0.5, 0.6) is 0 Å². The molecule has 14 heteroatoms. The molecule has 0 unspecified atom stereocenters. The van der Waals surface area contributed by atoms with Crippen LogP contribution >= 0.6 is 11.6 Å². The topological polar surface area (TPSA) is 185 Å². The average Bonchev–Trinajstić information content (AvgIpc) is 2.34. The Morgan fingerprint density at radius 2 is 1.70 bits per heavy atom. The zero-order valence-corrected chi connectivity index (χ0v) is 13.3. The van der Waals surface area contributed by atoms with Gasteiger partial charge in [-0.25, -0.2) is 0 Å². The predicted molar refractivity (Wildman–Crippen MR) is 78.6 cm³/mol. The largest absolute Gasteiger partial charge is 0.368 e. The standard InChI is InChI=1S/C9H8ClN5O6S2/c10-7-13-8(11)15-9(14-7)12-5-3-4(22(16,17)18)1-2-6(5)23(19,20)21/h1-3H,(H,16,17,18)(H,19,20,21)(H3,11,12,13,14,15). The van der Waals surface area contributed by atoms with Gasteiger partial charge >= 0.3 is 0 Å². The van der Waals surface area contributed by atoms with Gasteiger partial charge < -0.3 is 11.1 Å². The van der Waals surface area contributed by atoms with Crippen molar-refractivity contribution in [2.75, 3.05) is 11.1 Å². The normalized spacial score (nSPS) is 12.1. The maximum absolute atomic E-state index is 11.3. The van der Waals surface area contributed by atoms with Crippen LogP contribution in [0.2, 0.25) is 5.28 Å². The second kappa shape index (κ2) is 5.86. The molecule has 2 aromatic rings. The monoisotopic (exact) mass is 381 g/mol. The summed E-state index contributed by atoms with van der Waals surface area (Å²) in [5, 5.41) is 2.03. The molecule has 0 saturated carbocycles. The second-order valence-electron chi connectivity index (χ2n) is 4.02. The van der Waals surface area contributed by atoms with Crippen molar-refractivity contribution in [1.82, 2.24) is 15.0 Å². The first-order valence-electron chi connectivity index (χ1n) is 5.50. The number of aromatic nitrogens is 3. The molecule has 0 spiro atoms. The van der Waals surface area contributed by atoms with Crippen LogP contribution in [0.15, 0.2) is 28.0 Å². The van der Waals surface area contributed by atoms with Crippen LogP contribution in [0.25, 0.3) is 0 Å². The van der Waals surface area contributed by atoms with Gasteiger partial charge in [-0.3, -0.25) is 9.11 Å².